The van der Waals surface area contributed by atoms with E-state index in [0.29, 0.717) is 33.9 Å². The number of hydrogen-bond donors (Lipinski definition) is 4. The summed E-state index contributed by atoms with van der Waals surface area (Å²) in [5, 5.41) is 20.6. The number of aliphatic hydroxyl groups excluding tert-OH is 1. The van der Waals surface area contributed by atoms with Crippen molar-refractivity contribution in [2.24, 2.45) is 5.92 Å². The van der Waals surface area contributed by atoms with Gasteiger partial charge in [0.2, 0.25) is 0 Å². The first-order valence-electron chi connectivity index (χ1n) is 11.8. The molecular weight excluding hydrogens is 473 g/mol. The van der Waals surface area contributed by atoms with Crippen molar-refractivity contribution < 1.29 is 9.50 Å². The molecule has 0 saturated heterocycles. The molecule has 1 unspecified atom stereocenters. The van der Waals surface area contributed by atoms with Gasteiger partial charge in [0.25, 0.3) is 0 Å². The Hall–Kier alpha value is -4.77. The average molecular weight is 494 g/mol. The second kappa shape index (κ2) is 8.42. The number of fused-ring (bicyclic) bond motifs is 2. The zero-order valence-electron chi connectivity index (χ0n) is 19.4. The SMILES string of the molecule is OC(Nc1cncc(-c2cnc3n[nH]c(-c4nc5nccc(-c6cccnc6)c5[nH]4)c3c2F)c1)C1CC1. The third-order valence-corrected chi connectivity index (χ3v) is 6.55. The first-order chi connectivity index (χ1) is 18.2. The number of hydrogen-bond acceptors (Lipinski definition) is 8. The standard InChI is InChI=1S/C26H20FN9O/c27-20-18(15-8-16(11-29-10-15)32-26(37)13-3-4-13)12-31-23-19(20)22(35-36-23)25-33-21-17(5-7-30-24(21)34-25)14-2-1-6-28-9-14/h1-2,5-13,26,32,37H,3-4H2,(H,30,33,34)(H,31,35,36). The Bertz CT molecular complexity index is 1760. The fraction of sp³-hybridized carbons (Fsp3) is 0.154. The van der Waals surface area contributed by atoms with Gasteiger partial charge in [0.1, 0.15) is 17.7 Å². The van der Waals surface area contributed by atoms with Crippen LogP contribution in [0.25, 0.3) is 56.0 Å². The van der Waals surface area contributed by atoms with E-state index < -0.39 is 12.0 Å². The maximum Gasteiger partial charge on any atom is 0.184 e. The minimum atomic E-state index is -0.652. The van der Waals surface area contributed by atoms with Crippen LogP contribution in [0.3, 0.4) is 0 Å². The fourth-order valence-electron chi connectivity index (χ4n) is 4.48. The van der Waals surface area contributed by atoms with Crippen molar-refractivity contribution >= 4 is 27.9 Å². The van der Waals surface area contributed by atoms with Crippen LogP contribution in [0.15, 0.2) is 61.4 Å². The molecule has 0 amide bonds. The van der Waals surface area contributed by atoms with Crippen LogP contribution in [0.4, 0.5) is 10.1 Å². The lowest BCUT2D eigenvalue weighted by Crippen LogP contribution is -2.20. The number of imidazole rings is 1. The second-order valence-electron chi connectivity index (χ2n) is 9.06. The van der Waals surface area contributed by atoms with Crippen LogP contribution in [-0.2, 0) is 0 Å². The van der Waals surface area contributed by atoms with Gasteiger partial charge in [0.15, 0.2) is 17.1 Å². The number of aromatic nitrogens is 8. The summed E-state index contributed by atoms with van der Waals surface area (Å²) in [5.74, 6) is 0.125. The van der Waals surface area contributed by atoms with Crippen LogP contribution in [0, 0.1) is 11.7 Å². The Kier molecular flexibility index (Phi) is 4.89. The summed E-state index contributed by atoms with van der Waals surface area (Å²) in [4.78, 5) is 25.0. The van der Waals surface area contributed by atoms with Gasteiger partial charge in [-0.2, -0.15) is 5.10 Å². The number of rotatable bonds is 6. The van der Waals surface area contributed by atoms with Crippen LogP contribution in [0.1, 0.15) is 12.8 Å². The maximum absolute atomic E-state index is 16.0. The molecule has 1 saturated carbocycles. The molecule has 6 heterocycles. The Labute approximate surface area is 209 Å². The van der Waals surface area contributed by atoms with Gasteiger partial charge in [-0.25, -0.2) is 19.3 Å². The first-order valence-corrected chi connectivity index (χ1v) is 11.8. The lowest BCUT2D eigenvalue weighted by molar-refractivity contribution is 0.180. The molecule has 182 valence electrons. The zero-order valence-corrected chi connectivity index (χ0v) is 19.4. The van der Waals surface area contributed by atoms with Crippen molar-refractivity contribution in [3.8, 4) is 33.8 Å². The van der Waals surface area contributed by atoms with E-state index in [0.717, 1.165) is 24.0 Å². The molecule has 6 aromatic heterocycles. The van der Waals surface area contributed by atoms with Gasteiger partial charge < -0.3 is 15.4 Å². The number of aliphatic hydroxyl groups is 1. The van der Waals surface area contributed by atoms with E-state index in [1.165, 1.54) is 6.20 Å². The Balaban J connectivity index is 1.32. The molecule has 0 aliphatic heterocycles. The number of anilines is 1. The van der Waals surface area contributed by atoms with Crippen LogP contribution < -0.4 is 5.32 Å². The molecule has 0 aromatic carbocycles. The highest BCUT2D eigenvalue weighted by molar-refractivity contribution is 5.96. The molecule has 10 nitrogen and oxygen atoms in total. The van der Waals surface area contributed by atoms with Crippen molar-refractivity contribution in [3.05, 3.63) is 67.3 Å². The minimum absolute atomic E-state index is 0.205. The summed E-state index contributed by atoms with van der Waals surface area (Å²) < 4.78 is 16.0. The molecule has 1 fully saturated rings. The lowest BCUT2D eigenvalue weighted by atomic mass is 10.1. The smallest absolute Gasteiger partial charge is 0.184 e. The predicted molar refractivity (Wildman–Crippen MR) is 136 cm³/mol. The van der Waals surface area contributed by atoms with E-state index in [1.807, 2.05) is 18.2 Å². The molecule has 0 bridgehead atoms. The third kappa shape index (κ3) is 3.76. The molecule has 7 rings (SSSR count). The largest absolute Gasteiger partial charge is 0.374 e. The van der Waals surface area contributed by atoms with Gasteiger partial charge in [0.05, 0.1) is 22.8 Å². The van der Waals surface area contributed by atoms with Gasteiger partial charge in [-0.1, -0.05) is 6.07 Å². The van der Waals surface area contributed by atoms with Crippen LogP contribution >= 0.6 is 0 Å². The number of halogens is 1. The third-order valence-electron chi connectivity index (χ3n) is 6.55. The van der Waals surface area contributed by atoms with Gasteiger partial charge in [-0.3, -0.25) is 15.1 Å². The van der Waals surface area contributed by atoms with Gasteiger partial charge in [0, 0.05) is 59.2 Å². The van der Waals surface area contributed by atoms with E-state index in [-0.39, 0.29) is 22.5 Å². The summed E-state index contributed by atoms with van der Waals surface area (Å²) in [6.45, 7) is 0. The van der Waals surface area contributed by atoms with Gasteiger partial charge >= 0.3 is 0 Å². The Morgan fingerprint density at radius 2 is 1.86 bits per heavy atom. The molecule has 1 atom stereocenters. The van der Waals surface area contributed by atoms with Crippen molar-refractivity contribution in [2.75, 3.05) is 5.32 Å². The van der Waals surface area contributed by atoms with E-state index in [1.54, 1.807) is 37.1 Å². The summed E-state index contributed by atoms with van der Waals surface area (Å²) in [6, 6.07) is 7.43. The van der Waals surface area contributed by atoms with E-state index >= 15 is 4.39 Å². The summed E-state index contributed by atoms with van der Waals surface area (Å²) in [5.41, 5.74) is 4.96. The second-order valence-corrected chi connectivity index (χ2v) is 9.06. The summed E-state index contributed by atoms with van der Waals surface area (Å²) in [7, 11) is 0. The van der Waals surface area contributed by atoms with Crippen molar-refractivity contribution in [1.29, 1.82) is 0 Å². The molecular formula is C26H20FN9O. The number of H-pyrrole nitrogens is 2. The molecule has 0 spiro atoms. The van der Waals surface area contributed by atoms with Crippen molar-refractivity contribution in [2.45, 2.75) is 19.1 Å². The highest BCUT2D eigenvalue weighted by atomic mass is 19.1. The normalized spacial score (nSPS) is 14.3. The first kappa shape index (κ1) is 21.5. The van der Waals surface area contributed by atoms with E-state index in [4.69, 9.17) is 0 Å². The minimum Gasteiger partial charge on any atom is -0.374 e. The van der Waals surface area contributed by atoms with E-state index in [2.05, 4.69) is 45.4 Å². The molecule has 37 heavy (non-hydrogen) atoms. The summed E-state index contributed by atoms with van der Waals surface area (Å²) >= 11 is 0. The van der Waals surface area contributed by atoms with Gasteiger partial charge in [-0.05, 0) is 31.0 Å². The zero-order chi connectivity index (χ0) is 24.9. The number of nitrogens with zero attached hydrogens (tertiary/aromatic N) is 6. The van der Waals surface area contributed by atoms with Crippen molar-refractivity contribution in [1.82, 2.24) is 40.1 Å². The highest BCUT2D eigenvalue weighted by Crippen LogP contribution is 2.36. The molecule has 4 N–H and O–H groups in total. The summed E-state index contributed by atoms with van der Waals surface area (Å²) in [6.07, 6.45) is 11.1. The molecule has 6 aromatic rings. The number of nitrogens with one attached hydrogen (secondary N) is 3. The van der Waals surface area contributed by atoms with E-state index in [9.17, 15) is 5.11 Å². The van der Waals surface area contributed by atoms with Crippen LogP contribution in [-0.4, -0.2) is 51.4 Å². The van der Waals surface area contributed by atoms with Gasteiger partial charge in [-0.15, -0.1) is 0 Å². The Morgan fingerprint density at radius 1 is 0.973 bits per heavy atom. The van der Waals surface area contributed by atoms with Crippen molar-refractivity contribution in [3.63, 3.8) is 0 Å². The van der Waals surface area contributed by atoms with Crippen LogP contribution in [0.2, 0.25) is 0 Å². The monoisotopic (exact) mass is 493 g/mol. The quantitative estimate of drug-likeness (QED) is 0.252. The maximum atomic E-state index is 16.0. The lowest BCUT2D eigenvalue weighted by Gasteiger charge is -2.13. The Morgan fingerprint density at radius 3 is 2.70 bits per heavy atom. The van der Waals surface area contributed by atoms with Crippen LogP contribution in [0.5, 0.6) is 0 Å². The number of aromatic amines is 2. The predicted octanol–water partition coefficient (Wildman–Crippen LogP) is 4.30. The fourth-order valence-corrected chi connectivity index (χ4v) is 4.48. The average Bonchev–Trinajstić information content (AvgIpc) is 3.54. The molecule has 1 aliphatic rings. The number of pyridine rings is 4. The molecule has 11 heteroatoms. The molecule has 1 aliphatic carbocycles. The topological polar surface area (TPSA) is 141 Å². The molecule has 0 radical (unpaired) electrons. The highest BCUT2D eigenvalue weighted by Gasteiger charge is 2.29.